The number of aliphatic carboxylic acids is 2. The first-order valence-corrected chi connectivity index (χ1v) is 5.70. The Hall–Kier alpha value is -2.08. The van der Waals surface area contributed by atoms with Gasteiger partial charge in [0.25, 0.3) is 5.91 Å². The van der Waals surface area contributed by atoms with Crippen molar-refractivity contribution in [1.29, 1.82) is 0 Å². The highest BCUT2D eigenvalue weighted by Crippen LogP contribution is 2.15. The largest absolute Gasteiger partial charge is 0.481 e. The zero-order valence-electron chi connectivity index (χ0n) is 10.0. The standard InChI is InChI=1S/C12H12ClNO5/c1-6-2-3-7(13)4-8(6)11(17)14-9(12(18)19)5-10(15)16/h2-4,9H,5H2,1H3,(H,14,17)(H,15,16)(H,18,19). The Kier molecular flexibility index (Phi) is 4.88. The van der Waals surface area contributed by atoms with Crippen molar-refractivity contribution in [3.05, 3.63) is 34.3 Å². The smallest absolute Gasteiger partial charge is 0.326 e. The molecule has 0 saturated carbocycles. The van der Waals surface area contributed by atoms with Crippen LogP contribution >= 0.6 is 11.6 Å². The lowest BCUT2D eigenvalue weighted by molar-refractivity contribution is -0.145. The summed E-state index contributed by atoms with van der Waals surface area (Å²) in [5.74, 6) is -3.39. The Labute approximate surface area is 114 Å². The van der Waals surface area contributed by atoms with E-state index >= 15 is 0 Å². The SMILES string of the molecule is Cc1ccc(Cl)cc1C(=O)NC(CC(=O)O)C(=O)O. The molecule has 1 aromatic carbocycles. The maximum absolute atomic E-state index is 11.9. The van der Waals surface area contributed by atoms with Crippen LogP contribution in [-0.4, -0.2) is 34.1 Å². The van der Waals surface area contributed by atoms with Crippen LogP contribution in [0.1, 0.15) is 22.3 Å². The summed E-state index contributed by atoms with van der Waals surface area (Å²) in [4.78, 5) is 33.3. The molecule has 0 aliphatic carbocycles. The molecule has 1 amide bonds. The topological polar surface area (TPSA) is 104 Å². The van der Waals surface area contributed by atoms with Gasteiger partial charge in [-0.1, -0.05) is 17.7 Å². The van der Waals surface area contributed by atoms with E-state index in [1.165, 1.54) is 6.07 Å². The number of carbonyl (C=O) groups is 3. The molecule has 0 bridgehead atoms. The molecule has 0 fully saturated rings. The van der Waals surface area contributed by atoms with E-state index in [9.17, 15) is 14.4 Å². The molecule has 102 valence electrons. The van der Waals surface area contributed by atoms with Crippen molar-refractivity contribution in [2.45, 2.75) is 19.4 Å². The van der Waals surface area contributed by atoms with Gasteiger partial charge in [0.2, 0.25) is 0 Å². The number of rotatable bonds is 5. The second-order valence-corrected chi connectivity index (χ2v) is 4.36. The Morgan fingerprint density at radius 1 is 1.32 bits per heavy atom. The van der Waals surface area contributed by atoms with Gasteiger partial charge in [0.05, 0.1) is 6.42 Å². The first-order chi connectivity index (χ1) is 8.81. The first-order valence-electron chi connectivity index (χ1n) is 5.33. The van der Waals surface area contributed by atoms with E-state index in [1.54, 1.807) is 19.1 Å². The molecule has 6 nitrogen and oxygen atoms in total. The Morgan fingerprint density at radius 3 is 2.47 bits per heavy atom. The molecular weight excluding hydrogens is 274 g/mol. The molecule has 1 rings (SSSR count). The highest BCUT2D eigenvalue weighted by atomic mass is 35.5. The first kappa shape index (κ1) is 15.0. The number of halogens is 1. The van der Waals surface area contributed by atoms with Gasteiger partial charge < -0.3 is 15.5 Å². The number of hydrogen-bond acceptors (Lipinski definition) is 3. The third-order valence-corrected chi connectivity index (χ3v) is 2.66. The van der Waals surface area contributed by atoms with Gasteiger partial charge in [-0.05, 0) is 24.6 Å². The van der Waals surface area contributed by atoms with Gasteiger partial charge in [-0.2, -0.15) is 0 Å². The normalized spacial score (nSPS) is 11.7. The summed E-state index contributed by atoms with van der Waals surface area (Å²) in [6.07, 6.45) is -0.694. The molecule has 3 N–H and O–H groups in total. The number of carboxylic acids is 2. The monoisotopic (exact) mass is 285 g/mol. The molecule has 0 radical (unpaired) electrons. The predicted octanol–water partition coefficient (Wildman–Crippen LogP) is 1.31. The Bertz CT molecular complexity index is 529. The highest BCUT2D eigenvalue weighted by molar-refractivity contribution is 6.31. The molecule has 0 spiro atoms. The molecule has 7 heteroatoms. The van der Waals surface area contributed by atoms with E-state index in [0.29, 0.717) is 10.6 Å². The Balaban J connectivity index is 2.90. The van der Waals surface area contributed by atoms with E-state index in [4.69, 9.17) is 21.8 Å². The second kappa shape index (κ2) is 6.19. The predicted molar refractivity (Wildman–Crippen MR) is 67.3 cm³/mol. The van der Waals surface area contributed by atoms with Crippen LogP contribution in [0.4, 0.5) is 0 Å². The number of carbonyl (C=O) groups excluding carboxylic acids is 1. The molecule has 0 heterocycles. The van der Waals surface area contributed by atoms with Crippen LogP contribution in [0, 0.1) is 6.92 Å². The number of aryl methyl sites for hydroxylation is 1. The molecule has 1 aromatic rings. The van der Waals surface area contributed by atoms with Crippen LogP contribution in [-0.2, 0) is 9.59 Å². The number of amides is 1. The van der Waals surface area contributed by atoms with Crippen LogP contribution in [0.3, 0.4) is 0 Å². The van der Waals surface area contributed by atoms with Gasteiger partial charge in [-0.25, -0.2) is 4.79 Å². The summed E-state index contributed by atoms with van der Waals surface area (Å²) in [5, 5.41) is 19.9. The number of nitrogens with one attached hydrogen (secondary N) is 1. The van der Waals surface area contributed by atoms with Crippen molar-refractivity contribution in [1.82, 2.24) is 5.32 Å². The van der Waals surface area contributed by atoms with Crippen LogP contribution in [0.25, 0.3) is 0 Å². The molecule has 0 aromatic heterocycles. The average molecular weight is 286 g/mol. The van der Waals surface area contributed by atoms with Crippen molar-refractivity contribution in [3.8, 4) is 0 Å². The number of carboxylic acid groups (broad SMARTS) is 2. The van der Waals surface area contributed by atoms with Crippen LogP contribution in [0.5, 0.6) is 0 Å². The van der Waals surface area contributed by atoms with Gasteiger partial charge in [0.1, 0.15) is 6.04 Å². The van der Waals surface area contributed by atoms with Crippen LogP contribution in [0.15, 0.2) is 18.2 Å². The molecule has 0 aliphatic rings. The fourth-order valence-corrected chi connectivity index (χ4v) is 1.62. The summed E-state index contributed by atoms with van der Waals surface area (Å²) >= 11 is 5.75. The van der Waals surface area contributed by atoms with Crippen molar-refractivity contribution >= 4 is 29.4 Å². The number of hydrogen-bond donors (Lipinski definition) is 3. The maximum Gasteiger partial charge on any atom is 0.326 e. The van der Waals surface area contributed by atoms with E-state index in [0.717, 1.165) is 0 Å². The minimum atomic E-state index is -1.48. The van der Waals surface area contributed by atoms with Crippen molar-refractivity contribution in [2.75, 3.05) is 0 Å². The van der Waals surface area contributed by atoms with Crippen molar-refractivity contribution < 1.29 is 24.6 Å². The third kappa shape index (κ3) is 4.26. The maximum atomic E-state index is 11.9. The molecule has 0 saturated heterocycles. The fraction of sp³-hybridized carbons (Fsp3) is 0.250. The minimum Gasteiger partial charge on any atom is -0.481 e. The summed E-state index contributed by atoms with van der Waals surface area (Å²) in [7, 11) is 0. The lowest BCUT2D eigenvalue weighted by Crippen LogP contribution is -2.42. The minimum absolute atomic E-state index is 0.212. The van der Waals surface area contributed by atoms with Crippen LogP contribution < -0.4 is 5.32 Å². The van der Waals surface area contributed by atoms with E-state index in [2.05, 4.69) is 5.32 Å². The van der Waals surface area contributed by atoms with Gasteiger partial charge >= 0.3 is 11.9 Å². The summed E-state index contributed by atoms with van der Waals surface area (Å²) in [6.45, 7) is 1.66. The van der Waals surface area contributed by atoms with Crippen molar-refractivity contribution in [3.63, 3.8) is 0 Å². The zero-order valence-corrected chi connectivity index (χ0v) is 10.8. The van der Waals surface area contributed by atoms with Gasteiger partial charge in [-0.3, -0.25) is 9.59 Å². The average Bonchev–Trinajstić information content (AvgIpc) is 2.30. The highest BCUT2D eigenvalue weighted by Gasteiger charge is 2.24. The molecule has 19 heavy (non-hydrogen) atoms. The van der Waals surface area contributed by atoms with Crippen LogP contribution in [0.2, 0.25) is 5.02 Å². The molecule has 1 unspecified atom stereocenters. The summed E-state index contributed by atoms with van der Waals surface area (Å²) in [6, 6.07) is 3.12. The van der Waals surface area contributed by atoms with Gasteiger partial charge in [0.15, 0.2) is 0 Å². The lowest BCUT2D eigenvalue weighted by Gasteiger charge is -2.13. The molecule has 0 aliphatic heterocycles. The van der Waals surface area contributed by atoms with E-state index in [-0.39, 0.29) is 5.56 Å². The molecule has 1 atom stereocenters. The third-order valence-electron chi connectivity index (χ3n) is 2.43. The lowest BCUT2D eigenvalue weighted by atomic mass is 10.1. The zero-order chi connectivity index (χ0) is 14.6. The van der Waals surface area contributed by atoms with Gasteiger partial charge in [0, 0.05) is 10.6 Å². The summed E-state index contributed by atoms with van der Waals surface area (Å²) < 4.78 is 0. The van der Waals surface area contributed by atoms with Crippen molar-refractivity contribution in [2.24, 2.45) is 0 Å². The Morgan fingerprint density at radius 2 is 1.95 bits per heavy atom. The van der Waals surface area contributed by atoms with Gasteiger partial charge in [-0.15, -0.1) is 0 Å². The fourth-order valence-electron chi connectivity index (χ4n) is 1.45. The van der Waals surface area contributed by atoms with E-state index < -0.39 is 30.3 Å². The second-order valence-electron chi connectivity index (χ2n) is 3.92. The quantitative estimate of drug-likeness (QED) is 0.756. The number of benzene rings is 1. The van der Waals surface area contributed by atoms with E-state index in [1.807, 2.05) is 0 Å². The summed E-state index contributed by atoms with van der Waals surface area (Å²) in [5.41, 5.74) is 0.825. The molecular formula is C12H12ClNO5.